The number of carbonyl (C=O) groups excluding carboxylic acids is 3. The van der Waals surface area contributed by atoms with Gasteiger partial charge in [-0.2, -0.15) is 4.99 Å². The Labute approximate surface area is 256 Å². The van der Waals surface area contributed by atoms with Crippen molar-refractivity contribution < 1.29 is 23.9 Å². The van der Waals surface area contributed by atoms with Crippen molar-refractivity contribution in [1.29, 1.82) is 0 Å². The molecule has 0 saturated carbocycles. The molecule has 9 nitrogen and oxygen atoms in total. The van der Waals surface area contributed by atoms with E-state index in [1.807, 2.05) is 45.5 Å². The molecule has 0 unspecified atom stereocenters. The van der Waals surface area contributed by atoms with Crippen LogP contribution in [0.4, 0.5) is 0 Å². The number of thiophene rings is 1. The van der Waals surface area contributed by atoms with Crippen molar-refractivity contribution in [3.05, 3.63) is 56.0 Å². The van der Waals surface area contributed by atoms with Gasteiger partial charge in [-0.1, -0.05) is 36.1 Å². The van der Waals surface area contributed by atoms with E-state index in [-0.39, 0.29) is 17.7 Å². The summed E-state index contributed by atoms with van der Waals surface area (Å²) in [6, 6.07) is 9.37. The molecular formula is C28H28N4O5S4. The van der Waals surface area contributed by atoms with Gasteiger partial charge in [0.1, 0.15) is 4.32 Å². The van der Waals surface area contributed by atoms with E-state index in [4.69, 9.17) is 21.7 Å². The Hall–Kier alpha value is -3.13. The molecule has 0 radical (unpaired) electrons. The third-order valence-electron chi connectivity index (χ3n) is 6.68. The minimum absolute atomic E-state index is 0.0512. The first kappa shape index (κ1) is 29.4. The van der Waals surface area contributed by atoms with Crippen LogP contribution in [0.25, 0.3) is 12.2 Å². The van der Waals surface area contributed by atoms with E-state index in [1.54, 1.807) is 42.6 Å². The fourth-order valence-corrected chi connectivity index (χ4v) is 7.51. The molecule has 1 aromatic heterocycles. The van der Waals surface area contributed by atoms with Crippen molar-refractivity contribution in [2.24, 2.45) is 4.99 Å². The Balaban J connectivity index is 1.08. The topological polar surface area (TPSA) is 91.8 Å². The van der Waals surface area contributed by atoms with Crippen LogP contribution < -0.4 is 9.47 Å². The number of thiocarbonyl (C=S) groups is 1. The van der Waals surface area contributed by atoms with E-state index in [2.05, 4.69) is 4.99 Å². The molecule has 0 N–H and O–H groups in total. The van der Waals surface area contributed by atoms with Crippen molar-refractivity contribution in [3.63, 3.8) is 0 Å². The minimum Gasteiger partial charge on any atom is -0.493 e. The number of hydrogen-bond donors (Lipinski definition) is 0. The van der Waals surface area contributed by atoms with Crippen LogP contribution in [0.5, 0.6) is 11.5 Å². The Morgan fingerprint density at radius 2 is 1.80 bits per heavy atom. The quantitative estimate of drug-likeness (QED) is 0.308. The highest BCUT2D eigenvalue weighted by Gasteiger charge is 2.33. The highest BCUT2D eigenvalue weighted by Crippen LogP contribution is 2.35. The molecule has 0 aliphatic carbocycles. The molecule has 41 heavy (non-hydrogen) atoms. The van der Waals surface area contributed by atoms with Gasteiger partial charge in [0.15, 0.2) is 16.7 Å². The largest absolute Gasteiger partial charge is 0.493 e. The summed E-state index contributed by atoms with van der Waals surface area (Å²) in [4.78, 5) is 50.1. The Morgan fingerprint density at radius 1 is 1.02 bits per heavy atom. The molecule has 2 fully saturated rings. The lowest BCUT2D eigenvalue weighted by molar-refractivity contribution is -0.133. The molecule has 1 aromatic carbocycles. The van der Waals surface area contributed by atoms with Gasteiger partial charge in [-0.05, 0) is 59.5 Å². The number of rotatable bonds is 8. The van der Waals surface area contributed by atoms with E-state index in [1.165, 1.54) is 23.5 Å². The minimum atomic E-state index is -0.279. The first-order valence-corrected chi connectivity index (χ1v) is 15.8. The third kappa shape index (κ3) is 6.85. The Morgan fingerprint density at radius 3 is 2.51 bits per heavy atom. The summed E-state index contributed by atoms with van der Waals surface area (Å²) in [7, 11) is 3.14. The molecule has 214 valence electrons. The summed E-state index contributed by atoms with van der Waals surface area (Å²) in [6.07, 6.45) is 4.54. The van der Waals surface area contributed by atoms with Crippen LogP contribution in [0.2, 0.25) is 0 Å². The molecule has 5 rings (SSSR count). The molecule has 2 aromatic rings. The Bertz CT molecular complexity index is 1450. The van der Waals surface area contributed by atoms with Gasteiger partial charge in [-0.3, -0.25) is 19.3 Å². The van der Waals surface area contributed by atoms with E-state index < -0.39 is 0 Å². The second-order valence-electron chi connectivity index (χ2n) is 9.24. The van der Waals surface area contributed by atoms with Crippen molar-refractivity contribution in [3.8, 4) is 11.5 Å². The first-order valence-electron chi connectivity index (χ1n) is 12.9. The SMILES string of the molecule is COc1ccc(/C=C2\SC(N3CCN(C(=O)CCCN4C(=O)/C(=C\c5cccs5)SC4=S)CC3)=NC2=O)cc1OC. The lowest BCUT2D eigenvalue weighted by Gasteiger charge is -2.35. The van der Waals surface area contributed by atoms with E-state index in [9.17, 15) is 14.4 Å². The maximum absolute atomic E-state index is 12.9. The van der Waals surface area contributed by atoms with Gasteiger partial charge in [0.25, 0.3) is 11.8 Å². The molecule has 3 amide bonds. The maximum Gasteiger partial charge on any atom is 0.286 e. The molecule has 0 spiro atoms. The molecule has 0 bridgehead atoms. The molecular weight excluding hydrogens is 601 g/mol. The van der Waals surface area contributed by atoms with Gasteiger partial charge in [-0.25, -0.2) is 0 Å². The van der Waals surface area contributed by atoms with Gasteiger partial charge >= 0.3 is 0 Å². The smallest absolute Gasteiger partial charge is 0.286 e. The summed E-state index contributed by atoms with van der Waals surface area (Å²) >= 11 is 9.63. The number of amidine groups is 1. The maximum atomic E-state index is 12.9. The summed E-state index contributed by atoms with van der Waals surface area (Å²) in [5.41, 5.74) is 0.815. The molecule has 13 heteroatoms. The van der Waals surface area contributed by atoms with E-state index in [0.29, 0.717) is 76.4 Å². The zero-order valence-electron chi connectivity index (χ0n) is 22.5. The second kappa shape index (κ2) is 13.2. The van der Waals surface area contributed by atoms with E-state index >= 15 is 0 Å². The van der Waals surface area contributed by atoms with Crippen molar-refractivity contribution in [2.75, 3.05) is 46.9 Å². The number of methoxy groups -OCH3 is 2. The predicted molar refractivity (Wildman–Crippen MR) is 169 cm³/mol. The zero-order valence-corrected chi connectivity index (χ0v) is 25.8. The van der Waals surface area contributed by atoms with Gasteiger partial charge < -0.3 is 19.3 Å². The van der Waals surface area contributed by atoms with Crippen LogP contribution in [0.3, 0.4) is 0 Å². The highest BCUT2D eigenvalue weighted by molar-refractivity contribution is 8.26. The fourth-order valence-electron chi connectivity index (χ4n) is 4.52. The monoisotopic (exact) mass is 628 g/mol. The summed E-state index contributed by atoms with van der Waals surface area (Å²) < 4.78 is 11.2. The van der Waals surface area contributed by atoms with Crippen molar-refractivity contribution in [2.45, 2.75) is 12.8 Å². The molecule has 2 saturated heterocycles. The number of thioether (sulfide) groups is 2. The summed E-state index contributed by atoms with van der Waals surface area (Å²) in [5.74, 6) is 0.879. The van der Waals surface area contributed by atoms with Gasteiger partial charge in [-0.15, -0.1) is 11.3 Å². The average molecular weight is 629 g/mol. The normalized spacial score (nSPS) is 19.5. The van der Waals surface area contributed by atoms with Crippen LogP contribution >= 0.6 is 47.1 Å². The van der Waals surface area contributed by atoms with Crippen LogP contribution in [-0.2, 0) is 14.4 Å². The van der Waals surface area contributed by atoms with Crippen molar-refractivity contribution >= 4 is 86.4 Å². The predicted octanol–water partition coefficient (Wildman–Crippen LogP) is 4.56. The number of amides is 3. The van der Waals surface area contributed by atoms with E-state index in [0.717, 1.165) is 10.4 Å². The fraction of sp³-hybridized carbons (Fsp3) is 0.321. The molecule has 3 aliphatic heterocycles. The van der Waals surface area contributed by atoms with Gasteiger partial charge in [0, 0.05) is 44.0 Å². The number of benzene rings is 1. The zero-order chi connectivity index (χ0) is 28.9. The third-order valence-corrected chi connectivity index (χ3v) is 9.92. The number of aliphatic imine (C=N–C) groups is 1. The van der Waals surface area contributed by atoms with Gasteiger partial charge in [0.2, 0.25) is 5.91 Å². The van der Waals surface area contributed by atoms with Crippen LogP contribution in [0.1, 0.15) is 23.3 Å². The standard InChI is InChI=1S/C28H28N4O5S4/c1-36-20-8-7-18(15-21(20)37-2)16-22-25(34)29-27(40-22)31-12-10-30(11-13-31)24(33)6-3-9-32-26(35)23(41-28(32)38)17-19-5-4-14-39-19/h4-5,7-8,14-17H,3,6,9-13H2,1-2H3/b22-16-,23-17+. The van der Waals surface area contributed by atoms with Gasteiger partial charge in [0.05, 0.1) is 24.0 Å². The van der Waals surface area contributed by atoms with Crippen LogP contribution in [0.15, 0.2) is 50.5 Å². The van der Waals surface area contributed by atoms with Crippen LogP contribution in [-0.4, -0.2) is 88.9 Å². The number of nitrogens with zero attached hydrogens (tertiary/aromatic N) is 4. The molecule has 4 heterocycles. The lowest BCUT2D eigenvalue weighted by atomic mass is 10.2. The molecule has 0 atom stereocenters. The number of piperazine rings is 1. The highest BCUT2D eigenvalue weighted by atomic mass is 32.2. The number of ether oxygens (including phenoxy) is 2. The second-order valence-corrected chi connectivity index (χ2v) is 12.9. The van der Waals surface area contributed by atoms with Crippen molar-refractivity contribution in [1.82, 2.24) is 14.7 Å². The number of carbonyl (C=O) groups is 3. The summed E-state index contributed by atoms with van der Waals surface area (Å²) in [5, 5.41) is 2.62. The average Bonchev–Trinajstić information content (AvgIpc) is 3.69. The lowest BCUT2D eigenvalue weighted by Crippen LogP contribution is -2.49. The molecule has 3 aliphatic rings. The number of hydrogen-bond acceptors (Lipinski definition) is 10. The first-order chi connectivity index (χ1) is 19.9. The summed E-state index contributed by atoms with van der Waals surface area (Å²) in [6.45, 7) is 2.70. The Kier molecular flexibility index (Phi) is 9.48. The van der Waals surface area contributed by atoms with Crippen LogP contribution in [0, 0.1) is 0 Å².